The molecule has 0 fully saturated rings. The summed E-state index contributed by atoms with van der Waals surface area (Å²) >= 11 is 0. The minimum absolute atomic E-state index is 0.00916. The molecule has 2 rings (SSSR count). The van der Waals surface area contributed by atoms with Crippen molar-refractivity contribution in [2.24, 2.45) is 0 Å². The summed E-state index contributed by atoms with van der Waals surface area (Å²) in [5.74, 6) is -0.695. The van der Waals surface area contributed by atoms with Gasteiger partial charge >= 0.3 is 5.97 Å². The van der Waals surface area contributed by atoms with Crippen LogP contribution in [0.2, 0.25) is 0 Å². The SMILES string of the molecule is COc1cc(C(=O)OCC(=O)NCc2ccccc2F)cc(OC)c1C. The fourth-order valence-corrected chi connectivity index (χ4v) is 2.30. The number of halogens is 1. The van der Waals surface area contributed by atoms with Crippen molar-refractivity contribution in [2.45, 2.75) is 13.5 Å². The second-order valence-electron chi connectivity index (χ2n) is 5.45. The topological polar surface area (TPSA) is 73.9 Å². The second kappa shape index (κ2) is 8.84. The standard InChI is InChI=1S/C19H20FNO5/c1-12-16(24-2)8-14(9-17(12)25-3)19(23)26-11-18(22)21-10-13-6-4-5-7-15(13)20/h4-9H,10-11H2,1-3H3,(H,21,22). The van der Waals surface area contributed by atoms with Crippen molar-refractivity contribution >= 4 is 11.9 Å². The smallest absolute Gasteiger partial charge is 0.338 e. The molecule has 0 saturated heterocycles. The summed E-state index contributed by atoms with van der Waals surface area (Å²) in [6, 6.07) is 9.12. The minimum atomic E-state index is -0.692. The number of nitrogens with one attached hydrogen (secondary N) is 1. The van der Waals surface area contributed by atoms with Crippen molar-refractivity contribution in [3.8, 4) is 11.5 Å². The summed E-state index contributed by atoms with van der Waals surface area (Å²) in [5, 5.41) is 2.50. The average Bonchev–Trinajstić information content (AvgIpc) is 2.65. The van der Waals surface area contributed by atoms with Gasteiger partial charge in [-0.1, -0.05) is 18.2 Å². The van der Waals surface area contributed by atoms with Gasteiger partial charge in [-0.05, 0) is 25.1 Å². The number of amides is 1. The molecule has 26 heavy (non-hydrogen) atoms. The summed E-state index contributed by atoms with van der Waals surface area (Å²) in [7, 11) is 2.96. The van der Waals surface area contributed by atoms with Gasteiger partial charge in [-0.2, -0.15) is 0 Å². The van der Waals surface area contributed by atoms with Crippen LogP contribution in [0.15, 0.2) is 36.4 Å². The third-order valence-corrected chi connectivity index (χ3v) is 3.76. The van der Waals surface area contributed by atoms with Gasteiger partial charge < -0.3 is 19.5 Å². The fraction of sp³-hybridized carbons (Fsp3) is 0.263. The van der Waals surface area contributed by atoms with E-state index in [2.05, 4.69) is 5.32 Å². The molecule has 0 atom stereocenters. The van der Waals surface area contributed by atoms with E-state index >= 15 is 0 Å². The number of esters is 1. The van der Waals surface area contributed by atoms with Crippen LogP contribution < -0.4 is 14.8 Å². The first-order valence-electron chi connectivity index (χ1n) is 7.86. The van der Waals surface area contributed by atoms with Crippen molar-refractivity contribution in [3.05, 3.63) is 58.9 Å². The lowest BCUT2D eigenvalue weighted by molar-refractivity contribution is -0.124. The van der Waals surface area contributed by atoms with Crippen molar-refractivity contribution in [1.82, 2.24) is 5.32 Å². The number of hydrogen-bond acceptors (Lipinski definition) is 5. The zero-order valence-electron chi connectivity index (χ0n) is 14.8. The average molecular weight is 361 g/mol. The van der Waals surface area contributed by atoms with Gasteiger partial charge in [0, 0.05) is 17.7 Å². The Bertz CT molecular complexity index is 781. The molecule has 0 spiro atoms. The van der Waals surface area contributed by atoms with E-state index in [9.17, 15) is 14.0 Å². The molecule has 6 nitrogen and oxygen atoms in total. The van der Waals surface area contributed by atoms with Crippen LogP contribution in [0.4, 0.5) is 4.39 Å². The second-order valence-corrected chi connectivity index (χ2v) is 5.45. The molecule has 1 N–H and O–H groups in total. The maximum atomic E-state index is 13.5. The van der Waals surface area contributed by atoms with Gasteiger partial charge in [0.2, 0.25) is 0 Å². The first-order valence-corrected chi connectivity index (χ1v) is 7.86. The Balaban J connectivity index is 1.94. The van der Waals surface area contributed by atoms with Gasteiger partial charge in [0.1, 0.15) is 17.3 Å². The maximum absolute atomic E-state index is 13.5. The molecule has 7 heteroatoms. The number of carbonyl (C=O) groups excluding carboxylic acids is 2. The van der Waals surface area contributed by atoms with E-state index in [1.807, 2.05) is 0 Å². The molecule has 138 valence electrons. The van der Waals surface area contributed by atoms with Crippen LogP contribution in [0.5, 0.6) is 11.5 Å². The molecule has 0 radical (unpaired) electrons. The van der Waals surface area contributed by atoms with E-state index in [4.69, 9.17) is 14.2 Å². The van der Waals surface area contributed by atoms with Gasteiger partial charge in [0.15, 0.2) is 6.61 Å². The highest BCUT2D eigenvalue weighted by atomic mass is 19.1. The summed E-state index contributed by atoms with van der Waals surface area (Å²) in [4.78, 5) is 24.0. The lowest BCUT2D eigenvalue weighted by atomic mass is 10.1. The Hall–Kier alpha value is -3.09. The van der Waals surface area contributed by atoms with Gasteiger partial charge in [-0.3, -0.25) is 4.79 Å². The van der Waals surface area contributed by atoms with Crippen molar-refractivity contribution in [3.63, 3.8) is 0 Å². The number of hydrogen-bond donors (Lipinski definition) is 1. The number of carbonyl (C=O) groups is 2. The molecule has 0 aliphatic rings. The van der Waals surface area contributed by atoms with Crippen molar-refractivity contribution < 1.29 is 28.2 Å². The van der Waals surface area contributed by atoms with Gasteiger partial charge in [0.25, 0.3) is 5.91 Å². The summed E-state index contributed by atoms with van der Waals surface area (Å²) in [6.07, 6.45) is 0. The van der Waals surface area contributed by atoms with Crippen LogP contribution >= 0.6 is 0 Å². The molecular weight excluding hydrogens is 341 g/mol. The Morgan fingerprint density at radius 2 is 1.69 bits per heavy atom. The largest absolute Gasteiger partial charge is 0.496 e. The number of rotatable bonds is 7. The van der Waals surface area contributed by atoms with Gasteiger partial charge in [0.05, 0.1) is 19.8 Å². The summed E-state index contributed by atoms with van der Waals surface area (Å²) in [6.45, 7) is 1.32. The highest BCUT2D eigenvalue weighted by Gasteiger charge is 2.16. The highest BCUT2D eigenvalue weighted by Crippen LogP contribution is 2.29. The quantitative estimate of drug-likeness (QED) is 0.768. The number of ether oxygens (including phenoxy) is 3. The van der Waals surface area contributed by atoms with E-state index < -0.39 is 24.3 Å². The molecule has 2 aromatic carbocycles. The Morgan fingerprint density at radius 3 is 2.27 bits per heavy atom. The lowest BCUT2D eigenvalue weighted by Crippen LogP contribution is -2.28. The van der Waals surface area contributed by atoms with E-state index in [1.54, 1.807) is 25.1 Å². The van der Waals surface area contributed by atoms with Crippen molar-refractivity contribution in [1.29, 1.82) is 0 Å². The third-order valence-electron chi connectivity index (χ3n) is 3.76. The first kappa shape index (κ1) is 19.2. The Morgan fingerprint density at radius 1 is 1.08 bits per heavy atom. The summed E-state index contributed by atoms with van der Waals surface area (Å²) in [5.41, 5.74) is 1.29. The van der Waals surface area contributed by atoms with Crippen LogP contribution in [-0.2, 0) is 16.1 Å². The fourth-order valence-electron chi connectivity index (χ4n) is 2.30. The van der Waals surface area contributed by atoms with Crippen LogP contribution in [0, 0.1) is 12.7 Å². The summed E-state index contributed by atoms with van der Waals surface area (Å²) < 4.78 is 28.9. The normalized spacial score (nSPS) is 10.2. The predicted molar refractivity (Wildman–Crippen MR) is 92.8 cm³/mol. The maximum Gasteiger partial charge on any atom is 0.338 e. The highest BCUT2D eigenvalue weighted by molar-refractivity contribution is 5.92. The van der Waals surface area contributed by atoms with E-state index in [1.165, 1.54) is 32.4 Å². The molecule has 0 bridgehead atoms. The minimum Gasteiger partial charge on any atom is -0.496 e. The predicted octanol–water partition coefficient (Wildman–Crippen LogP) is 2.62. The van der Waals surface area contributed by atoms with Crippen molar-refractivity contribution in [2.75, 3.05) is 20.8 Å². The molecular formula is C19H20FNO5. The molecule has 0 aromatic heterocycles. The van der Waals surface area contributed by atoms with E-state index in [-0.39, 0.29) is 12.1 Å². The zero-order chi connectivity index (χ0) is 19.1. The number of benzene rings is 2. The van der Waals surface area contributed by atoms with Crippen LogP contribution in [0.25, 0.3) is 0 Å². The molecule has 2 aromatic rings. The van der Waals surface area contributed by atoms with Crippen LogP contribution in [0.1, 0.15) is 21.5 Å². The Kier molecular flexibility index (Phi) is 6.54. The van der Waals surface area contributed by atoms with Gasteiger partial charge in [-0.15, -0.1) is 0 Å². The van der Waals surface area contributed by atoms with E-state index in [0.717, 1.165) is 5.56 Å². The Labute approximate surface area is 150 Å². The van der Waals surface area contributed by atoms with Crippen LogP contribution in [0.3, 0.4) is 0 Å². The third kappa shape index (κ3) is 4.72. The molecule has 0 aliphatic heterocycles. The lowest BCUT2D eigenvalue weighted by Gasteiger charge is -2.12. The van der Waals surface area contributed by atoms with Gasteiger partial charge in [-0.25, -0.2) is 9.18 Å². The molecule has 1 amide bonds. The molecule has 0 saturated carbocycles. The van der Waals surface area contributed by atoms with E-state index in [0.29, 0.717) is 17.1 Å². The van der Waals surface area contributed by atoms with Crippen LogP contribution in [-0.4, -0.2) is 32.7 Å². The zero-order valence-corrected chi connectivity index (χ0v) is 14.8. The monoisotopic (exact) mass is 361 g/mol. The molecule has 0 heterocycles. The molecule has 0 aliphatic carbocycles. The first-order chi connectivity index (χ1) is 12.5. The molecule has 0 unspecified atom stereocenters. The number of methoxy groups -OCH3 is 2.